The summed E-state index contributed by atoms with van der Waals surface area (Å²) in [4.78, 5) is 2.32. The van der Waals surface area contributed by atoms with Crippen molar-refractivity contribution >= 4 is 26.6 Å². The van der Waals surface area contributed by atoms with Crippen LogP contribution in [-0.2, 0) is 27.8 Å². The summed E-state index contributed by atoms with van der Waals surface area (Å²) in [6.45, 7) is 1.01. The van der Waals surface area contributed by atoms with Crippen molar-refractivity contribution in [2.75, 3.05) is 26.5 Å². The van der Waals surface area contributed by atoms with Crippen molar-refractivity contribution in [1.82, 2.24) is 9.47 Å². The van der Waals surface area contributed by atoms with Gasteiger partial charge in [0.15, 0.2) is 0 Å². The van der Waals surface area contributed by atoms with Gasteiger partial charge >= 0.3 is 0 Å². The maximum Gasteiger partial charge on any atom is 0.264 e. The Hall–Kier alpha value is -1.63. The van der Waals surface area contributed by atoms with Gasteiger partial charge in [0.2, 0.25) is 0 Å². The predicted molar refractivity (Wildman–Crippen MR) is 102 cm³/mol. The van der Waals surface area contributed by atoms with Crippen LogP contribution in [0.15, 0.2) is 30.5 Å². The molecule has 0 saturated carbocycles. The summed E-state index contributed by atoms with van der Waals surface area (Å²) in [5.74, 6) is 0.0801. The lowest BCUT2D eigenvalue weighted by Gasteiger charge is -2.39. The Morgan fingerprint density at radius 3 is 2.76 bits per heavy atom. The summed E-state index contributed by atoms with van der Waals surface area (Å²) < 4.78 is 29.8. The van der Waals surface area contributed by atoms with Crippen molar-refractivity contribution < 1.29 is 12.6 Å². The SMILES string of the molecule is C.CN1C[C@H](COS(C)(=O)=O)C=C2c3cccc4c3c(cn4C)C[C@H]21. The normalized spacial score (nSPS) is 23.1. The monoisotopic (exact) mass is 362 g/mol. The molecule has 2 heterocycles. The molecule has 0 spiro atoms. The van der Waals surface area contributed by atoms with Gasteiger partial charge in [-0.05, 0) is 36.2 Å². The summed E-state index contributed by atoms with van der Waals surface area (Å²) >= 11 is 0. The Morgan fingerprint density at radius 1 is 1.28 bits per heavy atom. The zero-order valence-electron chi connectivity index (χ0n) is 14.2. The molecule has 1 aliphatic heterocycles. The Morgan fingerprint density at radius 2 is 2.04 bits per heavy atom. The number of likely N-dealkylation sites (N-methyl/N-ethyl adjacent to an activating group) is 1. The Bertz CT molecular complexity index is 943. The average Bonchev–Trinajstić information content (AvgIpc) is 2.84. The van der Waals surface area contributed by atoms with Gasteiger partial charge in [-0.3, -0.25) is 9.08 Å². The highest BCUT2D eigenvalue weighted by Gasteiger charge is 2.34. The Balaban J connectivity index is 0.00000182. The standard InChI is InChI=1S/C18H22N2O3S.CH4/c1-19-9-12(11-23-24(3,21)22)7-15-14-5-4-6-16-18(14)13(8-17(15)19)10-20(16)2;/h4-7,10,12,17H,8-9,11H2,1-3H3;1H4/t12-,17-;/m1./s1. The summed E-state index contributed by atoms with van der Waals surface area (Å²) in [5, 5.41) is 1.33. The van der Waals surface area contributed by atoms with Gasteiger partial charge in [0.25, 0.3) is 10.1 Å². The number of aromatic nitrogens is 1. The lowest BCUT2D eigenvalue weighted by Crippen LogP contribution is -2.43. The van der Waals surface area contributed by atoms with E-state index in [4.69, 9.17) is 4.18 Å². The molecule has 1 aromatic carbocycles. The highest BCUT2D eigenvalue weighted by Crippen LogP contribution is 2.41. The summed E-state index contributed by atoms with van der Waals surface area (Å²) in [7, 11) is 0.792. The molecule has 0 fully saturated rings. The number of nitrogens with zero attached hydrogens (tertiary/aromatic N) is 2. The first kappa shape index (κ1) is 18.2. The van der Waals surface area contributed by atoms with E-state index in [1.807, 2.05) is 0 Å². The second kappa shape index (κ2) is 6.27. The quantitative estimate of drug-likeness (QED) is 0.788. The third-order valence-electron chi connectivity index (χ3n) is 5.14. The molecular formula is C19H26N2O3S. The highest BCUT2D eigenvalue weighted by molar-refractivity contribution is 7.85. The molecule has 6 heteroatoms. The van der Waals surface area contributed by atoms with Gasteiger partial charge in [-0.2, -0.15) is 8.42 Å². The van der Waals surface area contributed by atoms with Gasteiger partial charge < -0.3 is 4.57 Å². The van der Waals surface area contributed by atoms with Gasteiger partial charge in [0.05, 0.1) is 12.9 Å². The number of fused-ring (bicyclic) bond motifs is 2. The van der Waals surface area contributed by atoms with E-state index >= 15 is 0 Å². The first-order valence-corrected chi connectivity index (χ1v) is 9.99. The third-order valence-corrected chi connectivity index (χ3v) is 5.71. The van der Waals surface area contributed by atoms with Crippen LogP contribution in [0.4, 0.5) is 0 Å². The van der Waals surface area contributed by atoms with E-state index in [2.05, 4.69) is 54.0 Å². The predicted octanol–water partition coefficient (Wildman–Crippen LogP) is 2.66. The maximum atomic E-state index is 11.3. The first-order chi connectivity index (χ1) is 11.3. The molecule has 0 unspecified atom stereocenters. The van der Waals surface area contributed by atoms with Crippen molar-refractivity contribution in [3.63, 3.8) is 0 Å². The summed E-state index contributed by atoms with van der Waals surface area (Å²) in [6.07, 6.45) is 6.56. The molecule has 1 aliphatic carbocycles. The van der Waals surface area contributed by atoms with Gasteiger partial charge in [0.1, 0.15) is 0 Å². The van der Waals surface area contributed by atoms with Crippen LogP contribution in [0.3, 0.4) is 0 Å². The molecule has 4 rings (SSSR count). The van der Waals surface area contributed by atoms with Crippen molar-refractivity contribution in [3.05, 3.63) is 41.6 Å². The van der Waals surface area contributed by atoms with Crippen LogP contribution in [0.1, 0.15) is 18.6 Å². The lowest BCUT2D eigenvalue weighted by molar-refractivity contribution is 0.197. The van der Waals surface area contributed by atoms with Gasteiger partial charge in [-0.25, -0.2) is 0 Å². The van der Waals surface area contributed by atoms with Gasteiger partial charge in [0, 0.05) is 42.7 Å². The van der Waals surface area contributed by atoms with E-state index in [0.29, 0.717) is 6.04 Å². The average molecular weight is 362 g/mol. The number of hydrogen-bond acceptors (Lipinski definition) is 4. The van der Waals surface area contributed by atoms with Crippen molar-refractivity contribution in [2.45, 2.75) is 19.9 Å². The number of benzene rings is 1. The summed E-state index contributed by atoms with van der Waals surface area (Å²) in [5.41, 5.74) is 5.22. The van der Waals surface area contributed by atoms with Crippen LogP contribution in [0.25, 0.3) is 16.5 Å². The Kier molecular flexibility index (Phi) is 4.56. The fraction of sp³-hybridized carbons (Fsp3) is 0.474. The highest BCUT2D eigenvalue weighted by atomic mass is 32.2. The molecule has 136 valence electrons. The molecular weight excluding hydrogens is 336 g/mol. The first-order valence-electron chi connectivity index (χ1n) is 8.17. The topological polar surface area (TPSA) is 51.5 Å². The molecule has 1 aromatic heterocycles. The number of aryl methyl sites for hydroxylation is 1. The van der Waals surface area contributed by atoms with Crippen LogP contribution < -0.4 is 0 Å². The van der Waals surface area contributed by atoms with E-state index in [1.54, 1.807) is 0 Å². The molecule has 2 aliphatic rings. The van der Waals surface area contributed by atoms with Crippen LogP contribution in [0.2, 0.25) is 0 Å². The smallest absolute Gasteiger partial charge is 0.264 e. The van der Waals surface area contributed by atoms with E-state index in [-0.39, 0.29) is 20.0 Å². The van der Waals surface area contributed by atoms with E-state index in [9.17, 15) is 8.42 Å². The number of hydrogen-bond donors (Lipinski definition) is 0. The summed E-state index contributed by atoms with van der Waals surface area (Å²) in [6, 6.07) is 6.78. The number of rotatable bonds is 3. The molecule has 5 nitrogen and oxygen atoms in total. The fourth-order valence-corrected chi connectivity index (χ4v) is 4.56. The third kappa shape index (κ3) is 3.14. The van der Waals surface area contributed by atoms with Gasteiger partial charge in [-0.15, -0.1) is 0 Å². The maximum absolute atomic E-state index is 11.3. The van der Waals surface area contributed by atoms with Crippen LogP contribution in [-0.4, -0.2) is 50.4 Å². The largest absolute Gasteiger partial charge is 0.350 e. The van der Waals surface area contributed by atoms with Crippen LogP contribution in [0.5, 0.6) is 0 Å². The minimum absolute atomic E-state index is 0. The second-order valence-corrected chi connectivity index (χ2v) is 8.64. The van der Waals surface area contributed by atoms with Crippen LogP contribution in [0, 0.1) is 5.92 Å². The van der Waals surface area contributed by atoms with Gasteiger partial charge in [-0.1, -0.05) is 25.6 Å². The Labute approximate surface area is 150 Å². The minimum Gasteiger partial charge on any atom is -0.350 e. The zero-order valence-corrected chi connectivity index (χ0v) is 15.0. The second-order valence-electron chi connectivity index (χ2n) is 7.00. The van der Waals surface area contributed by atoms with Crippen molar-refractivity contribution in [2.24, 2.45) is 13.0 Å². The van der Waals surface area contributed by atoms with E-state index in [1.165, 1.54) is 27.6 Å². The molecule has 25 heavy (non-hydrogen) atoms. The molecule has 2 aromatic rings. The van der Waals surface area contributed by atoms with E-state index in [0.717, 1.165) is 19.2 Å². The molecule has 2 atom stereocenters. The molecule has 0 amide bonds. The fourth-order valence-electron chi connectivity index (χ4n) is 4.14. The molecule has 0 bridgehead atoms. The minimum atomic E-state index is -3.41. The van der Waals surface area contributed by atoms with Crippen molar-refractivity contribution in [3.8, 4) is 0 Å². The zero-order chi connectivity index (χ0) is 17.1. The van der Waals surface area contributed by atoms with Crippen LogP contribution >= 0.6 is 0 Å². The molecule has 0 saturated heterocycles. The molecule has 0 radical (unpaired) electrons. The molecule has 0 N–H and O–H groups in total. The lowest BCUT2D eigenvalue weighted by atomic mass is 9.80. The van der Waals surface area contributed by atoms with E-state index < -0.39 is 10.1 Å². The van der Waals surface area contributed by atoms with Crippen molar-refractivity contribution in [1.29, 1.82) is 0 Å².